The Hall–Kier alpha value is -5.11. The van der Waals surface area contributed by atoms with Gasteiger partial charge < -0.3 is 28.8 Å². The van der Waals surface area contributed by atoms with Gasteiger partial charge in [0.25, 0.3) is 5.92 Å². The summed E-state index contributed by atoms with van der Waals surface area (Å²) in [5, 5.41) is 0.293. The zero-order valence-corrected chi connectivity index (χ0v) is 33.8. The second-order valence-electron chi connectivity index (χ2n) is 15.7. The van der Waals surface area contributed by atoms with Crippen molar-refractivity contribution < 1.29 is 31.1 Å². The fourth-order valence-electron chi connectivity index (χ4n) is 8.57. The van der Waals surface area contributed by atoms with E-state index in [1.165, 1.54) is 0 Å². The monoisotopic (exact) mass is 846 g/mol. The lowest BCUT2D eigenvalue weighted by atomic mass is 10.1. The summed E-state index contributed by atoms with van der Waals surface area (Å²) in [5.74, 6) is -4.65. The number of H-pyrrole nitrogens is 1. The van der Waals surface area contributed by atoms with E-state index in [1.54, 1.807) is 47.4 Å². The van der Waals surface area contributed by atoms with Crippen molar-refractivity contribution in [1.29, 1.82) is 0 Å². The van der Waals surface area contributed by atoms with Crippen molar-refractivity contribution in [3.8, 4) is 22.5 Å². The van der Waals surface area contributed by atoms with Crippen LogP contribution >= 0.6 is 0 Å². The number of aromatic nitrogens is 6. The van der Waals surface area contributed by atoms with Crippen LogP contribution in [-0.4, -0.2) is 119 Å². The average Bonchev–Trinajstić information content (AvgIpc) is 3.84. The van der Waals surface area contributed by atoms with E-state index >= 15 is 4.39 Å². The number of fused-ring (bicyclic) bond motifs is 2. The number of pyridine rings is 4. The van der Waals surface area contributed by atoms with Crippen molar-refractivity contribution in [3.63, 3.8) is 0 Å². The molecule has 0 amide bonds. The van der Waals surface area contributed by atoms with E-state index in [2.05, 4.69) is 36.0 Å². The Morgan fingerprint density at radius 2 is 1.42 bits per heavy atom. The predicted octanol–water partition coefficient (Wildman–Crippen LogP) is 6.89. The Morgan fingerprint density at radius 3 is 2.03 bits per heavy atom. The van der Waals surface area contributed by atoms with E-state index in [0.717, 1.165) is 22.3 Å². The Kier molecular flexibility index (Phi) is 9.22. The molecule has 1 N–H and O–H groups in total. The number of morpholine rings is 2. The number of ether oxygens (including phenoxy) is 2. The van der Waals surface area contributed by atoms with E-state index in [4.69, 9.17) is 23.8 Å². The number of nitrogens with one attached hydrogen (secondary N) is 1. The number of anilines is 2. The highest BCUT2D eigenvalue weighted by Gasteiger charge is 2.49. The van der Waals surface area contributed by atoms with Crippen LogP contribution in [0.1, 0.15) is 19.2 Å². The topological polar surface area (TPSA) is 156 Å². The van der Waals surface area contributed by atoms with Crippen LogP contribution < -0.4 is 9.80 Å². The molecule has 0 saturated carbocycles. The highest BCUT2D eigenvalue weighted by molar-refractivity contribution is 7.95. The SMILES string of the molecule is C[C@@H]1COCCN1c1cc(N=S2(=O)CC(F)C2n2ccc3c(-c4cc(N5CCOC[C@H]5C)cc(N=S5(=O)CC(F)(F)C5)n4)ccnc32)nc(-c2ccnc3[nH]ccc23)c1. The third kappa shape index (κ3) is 6.90. The minimum atomic E-state index is -3.27. The number of alkyl halides is 3. The second kappa shape index (κ2) is 14.3. The van der Waals surface area contributed by atoms with Crippen molar-refractivity contribution in [1.82, 2.24) is 29.5 Å². The summed E-state index contributed by atoms with van der Waals surface area (Å²) in [4.78, 5) is 26.1. The van der Waals surface area contributed by atoms with Gasteiger partial charge in [-0.25, -0.2) is 41.5 Å². The minimum Gasteiger partial charge on any atom is -0.377 e. The molecule has 0 bridgehead atoms. The molecular formula is C40H41F3N10O4S2. The molecule has 59 heavy (non-hydrogen) atoms. The first kappa shape index (κ1) is 38.1. The molecule has 4 aliphatic rings. The van der Waals surface area contributed by atoms with Crippen molar-refractivity contribution >= 4 is 64.5 Å². The molecule has 4 aliphatic heterocycles. The van der Waals surface area contributed by atoms with Crippen LogP contribution in [0, 0.1) is 0 Å². The Labute approximate surface area is 338 Å². The maximum Gasteiger partial charge on any atom is 0.272 e. The lowest BCUT2D eigenvalue weighted by Gasteiger charge is -2.36. The third-order valence-electron chi connectivity index (χ3n) is 11.4. The van der Waals surface area contributed by atoms with Gasteiger partial charge in [0.2, 0.25) is 0 Å². The molecule has 0 radical (unpaired) electrons. The van der Waals surface area contributed by atoms with Gasteiger partial charge in [0, 0.05) is 95.4 Å². The molecular weight excluding hydrogens is 806 g/mol. The van der Waals surface area contributed by atoms with E-state index in [1.807, 2.05) is 37.4 Å². The maximum atomic E-state index is 15.9. The van der Waals surface area contributed by atoms with Crippen LogP contribution in [0.5, 0.6) is 0 Å². The van der Waals surface area contributed by atoms with Gasteiger partial charge >= 0.3 is 0 Å². The van der Waals surface area contributed by atoms with Gasteiger partial charge in [-0.1, -0.05) is 0 Å². The van der Waals surface area contributed by atoms with Crippen molar-refractivity contribution in [2.45, 2.75) is 43.4 Å². The second-order valence-corrected chi connectivity index (χ2v) is 20.3. The van der Waals surface area contributed by atoms with Crippen LogP contribution in [0.15, 0.2) is 82.0 Å². The van der Waals surface area contributed by atoms with Gasteiger partial charge in [-0.2, -0.15) is 8.73 Å². The molecule has 6 aromatic rings. The first-order valence-electron chi connectivity index (χ1n) is 19.4. The van der Waals surface area contributed by atoms with E-state index < -0.39 is 48.4 Å². The largest absolute Gasteiger partial charge is 0.377 e. The van der Waals surface area contributed by atoms with Gasteiger partial charge in [-0.15, -0.1) is 0 Å². The summed E-state index contributed by atoms with van der Waals surface area (Å²) in [7, 11) is -6.46. The van der Waals surface area contributed by atoms with Crippen LogP contribution in [0.2, 0.25) is 0 Å². The van der Waals surface area contributed by atoms with Crippen LogP contribution in [0.3, 0.4) is 0 Å². The maximum absolute atomic E-state index is 15.9. The summed E-state index contributed by atoms with van der Waals surface area (Å²) < 4.78 is 93.7. The summed E-state index contributed by atoms with van der Waals surface area (Å²) >= 11 is 0. The number of rotatable bonds is 7. The lowest BCUT2D eigenvalue weighted by Crippen LogP contribution is -2.47. The van der Waals surface area contributed by atoms with Crippen molar-refractivity contribution in [2.24, 2.45) is 8.73 Å². The molecule has 4 fully saturated rings. The van der Waals surface area contributed by atoms with E-state index in [0.29, 0.717) is 73.1 Å². The molecule has 0 spiro atoms. The summed E-state index contributed by atoms with van der Waals surface area (Å²) in [5.41, 5.74) is 5.10. The Balaban J connectivity index is 1.06. The Bertz CT molecular complexity index is 2870. The summed E-state index contributed by atoms with van der Waals surface area (Å²) in [6.07, 6.45) is 5.24. The van der Waals surface area contributed by atoms with Gasteiger partial charge in [0.15, 0.2) is 17.0 Å². The molecule has 10 heterocycles. The molecule has 10 rings (SSSR count). The highest BCUT2D eigenvalue weighted by atomic mass is 32.2. The lowest BCUT2D eigenvalue weighted by molar-refractivity contribution is 0.0371. The van der Waals surface area contributed by atoms with E-state index in [-0.39, 0.29) is 29.5 Å². The van der Waals surface area contributed by atoms with Gasteiger partial charge in [-0.3, -0.25) is 0 Å². The minimum absolute atomic E-state index is 0.00752. The standard InChI is InChI=1S/C40H41F3N10O4S2/c1-24-19-56-13-11-51(24)26-16-34(47-35(17-26)49-58(54)22-40(42,43)23-58)29-4-9-46-38-31(29)6-10-53(38)39-32(41)21-59(39,55)50-36-18-27(52-12-14-57-20-25(52)2)15-33(48-36)28-3-7-44-37-30(28)5-8-45-37/h3-10,15-18,24-25,32,39H,11-14,19-23H2,1-2H3,(H,44,45)/t24-,25-,32?,39?,59?/m1/s1. The molecule has 5 atom stereocenters. The normalized spacial score (nSPS) is 26.4. The highest BCUT2D eigenvalue weighted by Crippen LogP contribution is 2.43. The molecule has 6 aromatic heterocycles. The number of hydrogen-bond donors (Lipinski definition) is 1. The van der Waals surface area contributed by atoms with Gasteiger partial charge in [0.1, 0.15) is 17.5 Å². The molecule has 19 heteroatoms. The van der Waals surface area contributed by atoms with Crippen LogP contribution in [0.4, 0.5) is 36.2 Å². The molecule has 0 aliphatic carbocycles. The predicted molar refractivity (Wildman–Crippen MR) is 221 cm³/mol. The van der Waals surface area contributed by atoms with Gasteiger partial charge in [0.05, 0.1) is 74.5 Å². The summed E-state index contributed by atoms with van der Waals surface area (Å²) in [6.45, 7) is 7.36. The summed E-state index contributed by atoms with van der Waals surface area (Å²) in [6, 6.07) is 14.7. The average molecular weight is 847 g/mol. The van der Waals surface area contributed by atoms with Crippen LogP contribution in [-0.2, 0) is 28.9 Å². The number of hydrogen-bond acceptors (Lipinski definition) is 12. The quantitative estimate of drug-likeness (QED) is 0.180. The first-order valence-corrected chi connectivity index (χ1v) is 23.0. The fraction of sp³-hybridized carbons (Fsp3) is 0.400. The van der Waals surface area contributed by atoms with Gasteiger partial charge in [-0.05, 0) is 50.2 Å². The number of halogens is 3. The Morgan fingerprint density at radius 1 is 0.814 bits per heavy atom. The van der Waals surface area contributed by atoms with Crippen molar-refractivity contribution in [2.75, 3.05) is 66.6 Å². The van der Waals surface area contributed by atoms with E-state index in [9.17, 15) is 17.2 Å². The zero-order chi connectivity index (χ0) is 40.7. The molecule has 0 aromatic carbocycles. The van der Waals surface area contributed by atoms with Crippen LogP contribution in [0.25, 0.3) is 44.6 Å². The zero-order valence-electron chi connectivity index (χ0n) is 32.2. The first-order chi connectivity index (χ1) is 28.4. The fourth-order valence-corrected chi connectivity index (χ4v) is 12.5. The smallest absolute Gasteiger partial charge is 0.272 e. The third-order valence-corrected chi connectivity index (χ3v) is 16.2. The molecule has 308 valence electrons. The number of aromatic amines is 1. The van der Waals surface area contributed by atoms with Crippen molar-refractivity contribution in [3.05, 3.63) is 73.3 Å². The molecule has 3 unspecified atom stereocenters. The molecule has 4 saturated heterocycles. The molecule has 14 nitrogen and oxygen atoms in total. The number of nitrogens with zero attached hydrogens (tertiary/aromatic N) is 9.